The fourth-order valence-electron chi connectivity index (χ4n) is 0.0206. The number of rotatable bonds is 4. The molecule has 0 saturated carbocycles. The van der Waals surface area contributed by atoms with Gasteiger partial charge in [0.25, 0.3) is 5.85 Å². The number of hydrogen-bond donors (Lipinski definition) is 0. The van der Waals surface area contributed by atoms with Crippen LogP contribution in [0.3, 0.4) is 0 Å². The molecule has 162 valence electrons. The quantitative estimate of drug-likeness (QED) is 0.455. The van der Waals surface area contributed by atoms with Crippen LogP contribution >= 0.6 is 0 Å². The largest absolute Gasteiger partial charge is 0.271 e. The third-order valence-corrected chi connectivity index (χ3v) is 0.564. The molecule has 2 unspecified atom stereocenters. The van der Waals surface area contributed by atoms with E-state index in [1.807, 2.05) is 0 Å². The first-order valence-corrected chi connectivity index (χ1v) is 4.98. The van der Waals surface area contributed by atoms with Crippen molar-refractivity contribution in [2.24, 2.45) is 0 Å². The highest BCUT2D eigenvalue weighted by molar-refractivity contribution is 4.52. The lowest BCUT2D eigenvalue weighted by molar-refractivity contribution is -0.289. The van der Waals surface area contributed by atoms with E-state index in [9.17, 15) is 31.1 Å². The SMILES string of the molecule is C.C.C.C.C.CC(F)(CF)OF.CC(F)OF.CCC.FCOF. The van der Waals surface area contributed by atoms with Crippen molar-refractivity contribution in [3.05, 3.63) is 0 Å². The van der Waals surface area contributed by atoms with Crippen molar-refractivity contribution in [3.8, 4) is 0 Å². The van der Waals surface area contributed by atoms with Crippen LogP contribution in [0.5, 0.6) is 0 Å². The van der Waals surface area contributed by atoms with Crippen LogP contribution in [0.4, 0.5) is 31.1 Å². The Morgan fingerprint density at radius 3 is 1.12 bits per heavy atom. The summed E-state index contributed by atoms with van der Waals surface area (Å²) in [6.45, 7) is 3.05. The van der Waals surface area contributed by atoms with E-state index in [2.05, 4.69) is 28.7 Å². The molecule has 0 amide bonds. The van der Waals surface area contributed by atoms with Crippen molar-refractivity contribution in [2.75, 3.05) is 13.5 Å². The second kappa shape index (κ2) is 49.5. The van der Waals surface area contributed by atoms with Crippen molar-refractivity contribution >= 4 is 0 Å². The molecule has 0 rings (SSSR count). The molecule has 0 aliphatic heterocycles. The highest BCUT2D eigenvalue weighted by Crippen LogP contribution is 2.11. The number of halogens is 7. The van der Waals surface area contributed by atoms with Crippen LogP contribution in [0.1, 0.15) is 71.2 Å². The maximum absolute atomic E-state index is 11.6. The molecule has 0 aromatic rings. The molecular weight excluding hydrogens is 349 g/mol. The Labute approximate surface area is 144 Å². The summed E-state index contributed by atoms with van der Waals surface area (Å²) in [5.74, 6) is -2.75. The second-order valence-corrected chi connectivity index (χ2v) is 2.87. The van der Waals surface area contributed by atoms with E-state index in [4.69, 9.17) is 0 Å². The molecule has 3 nitrogen and oxygen atoms in total. The van der Waals surface area contributed by atoms with E-state index >= 15 is 0 Å². The third-order valence-electron chi connectivity index (χ3n) is 0.564. The highest BCUT2D eigenvalue weighted by atomic mass is 19.3. The Kier molecular flexibility index (Phi) is 117. The Hall–Kier alpha value is -0.610. The van der Waals surface area contributed by atoms with Gasteiger partial charge in [-0.25, -0.2) is 17.6 Å². The molecule has 0 bridgehead atoms. The van der Waals surface area contributed by atoms with Crippen molar-refractivity contribution in [3.63, 3.8) is 0 Å². The normalized spacial score (nSPS) is 10.6. The van der Waals surface area contributed by atoms with Gasteiger partial charge < -0.3 is 0 Å². The minimum absolute atomic E-state index is 0. The van der Waals surface area contributed by atoms with Gasteiger partial charge in [-0.05, 0) is 20.5 Å². The molecule has 2 atom stereocenters. The molecule has 0 spiro atoms. The molecule has 0 aliphatic carbocycles. The molecule has 0 fully saturated rings. The van der Waals surface area contributed by atoms with Crippen molar-refractivity contribution in [1.29, 1.82) is 0 Å². The zero-order valence-corrected chi connectivity index (χ0v) is 11.1. The highest BCUT2D eigenvalue weighted by Gasteiger charge is 2.24. The lowest BCUT2D eigenvalue weighted by atomic mass is 10.4. The third kappa shape index (κ3) is 126. The maximum atomic E-state index is 11.6. The second-order valence-electron chi connectivity index (χ2n) is 2.87. The van der Waals surface area contributed by atoms with Gasteiger partial charge in [-0.3, -0.25) is 0 Å². The standard InChI is InChI=1S/C3H5F3O.C3H8.C2H4F2O.CH2F2O.5CH4/c1-3(5,2-4)7-6;1-3-2;1-2(3)5-4;2-1-4-3;;;;;/h2H2,1H3;3H2,1-2H3;2H,1H3;1H2;5*1H4. The van der Waals surface area contributed by atoms with Gasteiger partial charge in [0.05, 0.1) is 0 Å². The number of alkyl halides is 4. The zero-order chi connectivity index (χ0) is 16.3. The monoisotopic (exact) mass is 388 g/mol. The van der Waals surface area contributed by atoms with Crippen LogP contribution in [-0.4, -0.2) is 25.7 Å². The van der Waals surface area contributed by atoms with Crippen LogP contribution < -0.4 is 0 Å². The summed E-state index contributed by atoms with van der Waals surface area (Å²) in [4.78, 5) is 7.50. The lowest BCUT2D eigenvalue weighted by Crippen LogP contribution is -2.20. The van der Waals surface area contributed by atoms with Gasteiger partial charge in [0.2, 0.25) is 13.2 Å². The fourth-order valence-corrected chi connectivity index (χ4v) is 0.0206. The van der Waals surface area contributed by atoms with Crippen molar-refractivity contribution < 1.29 is 46.0 Å². The van der Waals surface area contributed by atoms with Gasteiger partial charge in [0.15, 0.2) is 6.67 Å². The molecule has 0 aromatic carbocycles. The zero-order valence-electron chi connectivity index (χ0n) is 11.1. The molecule has 10 heteroatoms. The van der Waals surface area contributed by atoms with Gasteiger partial charge in [-0.1, -0.05) is 57.4 Å². The van der Waals surface area contributed by atoms with E-state index in [1.54, 1.807) is 0 Å². The molecule has 0 radical (unpaired) electrons. The van der Waals surface area contributed by atoms with Gasteiger partial charge in [-0.2, -0.15) is 14.8 Å². The average molecular weight is 388 g/mol. The Balaban J connectivity index is -0.0000000173. The summed E-state index contributed by atoms with van der Waals surface area (Å²) in [6, 6.07) is 0. The van der Waals surface area contributed by atoms with Gasteiger partial charge in [-0.15, -0.1) is 0 Å². The number of hydrogen-bond acceptors (Lipinski definition) is 3. The molecule has 24 heavy (non-hydrogen) atoms. The van der Waals surface area contributed by atoms with Crippen LogP contribution in [0.2, 0.25) is 0 Å². The lowest BCUT2D eigenvalue weighted by Gasteiger charge is -2.06. The molecular formula is C14H39F7O3. The Morgan fingerprint density at radius 1 is 0.917 bits per heavy atom. The molecule has 0 heterocycles. The van der Waals surface area contributed by atoms with Crippen molar-refractivity contribution in [2.45, 2.75) is 83.5 Å². The summed E-state index contributed by atoms with van der Waals surface area (Å²) in [7, 11) is 0. The predicted octanol–water partition coefficient (Wildman–Crippen LogP) is 8.16. The smallest absolute Gasteiger partial charge is 0.245 e. The van der Waals surface area contributed by atoms with Gasteiger partial charge in [0.1, 0.15) is 0 Å². The Morgan fingerprint density at radius 2 is 1.12 bits per heavy atom. The molecule has 0 aliphatic rings. The van der Waals surface area contributed by atoms with E-state index in [1.165, 1.54) is 6.42 Å². The van der Waals surface area contributed by atoms with Crippen LogP contribution in [0, 0.1) is 0 Å². The summed E-state index contributed by atoms with van der Waals surface area (Å²) in [6.07, 6.45) is -0.532. The topological polar surface area (TPSA) is 27.7 Å². The summed E-state index contributed by atoms with van der Waals surface area (Å²) in [5, 5.41) is 0. The maximum Gasteiger partial charge on any atom is 0.271 e. The van der Waals surface area contributed by atoms with Gasteiger partial charge in [0, 0.05) is 6.92 Å². The molecule has 0 saturated heterocycles. The first kappa shape index (κ1) is 56.6. The van der Waals surface area contributed by atoms with E-state index in [0.29, 0.717) is 6.92 Å². The summed E-state index contributed by atoms with van der Waals surface area (Å²) in [5.41, 5.74) is 0. The summed E-state index contributed by atoms with van der Waals surface area (Å²) < 4.78 is 74.3. The van der Waals surface area contributed by atoms with E-state index in [-0.39, 0.29) is 37.1 Å². The average Bonchev–Trinajstić information content (AvgIpc) is 2.40. The van der Waals surface area contributed by atoms with Crippen LogP contribution in [-0.2, 0) is 14.8 Å². The van der Waals surface area contributed by atoms with Crippen molar-refractivity contribution in [1.82, 2.24) is 0 Å². The molecule has 0 aromatic heterocycles. The van der Waals surface area contributed by atoms with Crippen LogP contribution in [0.15, 0.2) is 0 Å². The predicted molar refractivity (Wildman–Crippen MR) is 88.2 cm³/mol. The fraction of sp³-hybridized carbons (Fsp3) is 1.00. The minimum atomic E-state index is -2.75. The van der Waals surface area contributed by atoms with E-state index in [0.717, 1.165) is 6.92 Å². The van der Waals surface area contributed by atoms with Crippen LogP contribution in [0.25, 0.3) is 0 Å². The molecule has 0 N–H and O–H groups in total. The first-order valence-electron chi connectivity index (χ1n) is 4.98. The Bertz CT molecular complexity index is 136. The first-order chi connectivity index (χ1) is 8.72. The minimum Gasteiger partial charge on any atom is -0.245 e. The summed E-state index contributed by atoms with van der Waals surface area (Å²) >= 11 is 0. The van der Waals surface area contributed by atoms with E-state index < -0.39 is 25.7 Å². The van der Waals surface area contributed by atoms with Gasteiger partial charge >= 0.3 is 0 Å².